The molecule has 2 aromatic carbocycles. The Bertz CT molecular complexity index is 1220. The topological polar surface area (TPSA) is 79.4 Å². The molecule has 1 aromatic heterocycles. The first-order valence-electron chi connectivity index (χ1n) is 11.9. The van der Waals surface area contributed by atoms with Crippen molar-refractivity contribution in [1.29, 1.82) is 0 Å². The van der Waals surface area contributed by atoms with Crippen molar-refractivity contribution in [2.75, 3.05) is 30.4 Å². The standard InChI is InChI=1S/C27H30ClN5O2/c1-27(2)20-15-33(16-21(20)27)26-31-14-19(25(34)30-12-17-7-5-4-6-8-17)24(32-26)29-13-18-9-10-23(35-3)22(28)11-18/h4-11,14,20-21H,12-13,15-16H2,1-3H3,(H,30,34)(H,29,31,32). The first-order chi connectivity index (χ1) is 16.9. The van der Waals surface area contributed by atoms with Gasteiger partial charge in [-0.15, -0.1) is 0 Å². The minimum absolute atomic E-state index is 0.221. The maximum absolute atomic E-state index is 13.1. The van der Waals surface area contributed by atoms with Gasteiger partial charge in [-0.3, -0.25) is 4.79 Å². The van der Waals surface area contributed by atoms with Crippen molar-refractivity contribution in [2.24, 2.45) is 17.3 Å². The van der Waals surface area contributed by atoms with Gasteiger partial charge in [0.1, 0.15) is 17.1 Å². The lowest BCUT2D eigenvalue weighted by atomic mass is 10.1. The highest BCUT2D eigenvalue weighted by molar-refractivity contribution is 6.32. The predicted octanol–water partition coefficient (Wildman–Crippen LogP) is 4.77. The number of halogens is 1. The first-order valence-corrected chi connectivity index (χ1v) is 12.2. The van der Waals surface area contributed by atoms with E-state index in [0.717, 1.165) is 24.2 Å². The van der Waals surface area contributed by atoms with Gasteiger partial charge in [0, 0.05) is 32.4 Å². The normalized spacial score (nSPS) is 19.7. The van der Waals surface area contributed by atoms with Crippen LogP contribution in [-0.4, -0.2) is 36.1 Å². The molecule has 2 atom stereocenters. The van der Waals surface area contributed by atoms with Gasteiger partial charge >= 0.3 is 0 Å². The number of hydrogen-bond acceptors (Lipinski definition) is 6. The molecule has 3 aromatic rings. The van der Waals surface area contributed by atoms with Crippen LogP contribution in [0.15, 0.2) is 54.7 Å². The lowest BCUT2D eigenvalue weighted by Crippen LogP contribution is -2.29. The maximum Gasteiger partial charge on any atom is 0.256 e. The summed E-state index contributed by atoms with van der Waals surface area (Å²) in [5, 5.41) is 6.86. The van der Waals surface area contributed by atoms with Gasteiger partial charge in [-0.25, -0.2) is 4.98 Å². The maximum atomic E-state index is 13.1. The van der Waals surface area contributed by atoms with Crippen molar-refractivity contribution in [3.8, 4) is 5.75 Å². The Balaban J connectivity index is 1.35. The van der Waals surface area contributed by atoms with Crippen LogP contribution in [0.1, 0.15) is 35.3 Å². The van der Waals surface area contributed by atoms with Crippen molar-refractivity contribution in [1.82, 2.24) is 15.3 Å². The van der Waals surface area contributed by atoms with Gasteiger partial charge in [-0.2, -0.15) is 4.98 Å². The number of aromatic nitrogens is 2. The number of methoxy groups -OCH3 is 1. The molecular weight excluding hydrogens is 462 g/mol. The average Bonchev–Trinajstić information content (AvgIpc) is 3.19. The number of hydrogen-bond donors (Lipinski definition) is 2. The lowest BCUT2D eigenvalue weighted by Gasteiger charge is -2.23. The summed E-state index contributed by atoms with van der Waals surface area (Å²) in [6.07, 6.45) is 1.63. The summed E-state index contributed by atoms with van der Waals surface area (Å²) in [4.78, 5) is 24.7. The summed E-state index contributed by atoms with van der Waals surface area (Å²) in [5.41, 5.74) is 2.80. The van der Waals surface area contributed by atoms with E-state index >= 15 is 0 Å². The number of nitrogens with one attached hydrogen (secondary N) is 2. The Labute approximate surface area is 210 Å². The molecule has 0 radical (unpaired) electrons. The summed E-state index contributed by atoms with van der Waals surface area (Å²) in [7, 11) is 1.59. The van der Waals surface area contributed by atoms with E-state index in [-0.39, 0.29) is 5.91 Å². The van der Waals surface area contributed by atoms with Gasteiger partial charge in [0.2, 0.25) is 5.95 Å². The van der Waals surface area contributed by atoms with Crippen LogP contribution in [0.2, 0.25) is 5.02 Å². The van der Waals surface area contributed by atoms with Crippen LogP contribution in [0.5, 0.6) is 5.75 Å². The molecule has 8 heteroatoms. The number of piperidine rings is 1. The molecule has 0 bridgehead atoms. The molecule has 2 fully saturated rings. The molecule has 5 rings (SSSR count). The third kappa shape index (κ3) is 4.78. The number of amides is 1. The van der Waals surface area contributed by atoms with E-state index in [2.05, 4.69) is 34.4 Å². The molecule has 35 heavy (non-hydrogen) atoms. The number of ether oxygens (including phenoxy) is 1. The molecule has 7 nitrogen and oxygen atoms in total. The third-order valence-corrected chi connectivity index (χ3v) is 7.69. The highest BCUT2D eigenvalue weighted by Crippen LogP contribution is 2.62. The van der Waals surface area contributed by atoms with Crippen LogP contribution in [-0.2, 0) is 13.1 Å². The number of anilines is 2. The zero-order valence-electron chi connectivity index (χ0n) is 20.2. The Kier molecular flexibility index (Phi) is 6.28. The van der Waals surface area contributed by atoms with Crippen LogP contribution in [0, 0.1) is 17.3 Å². The molecule has 1 aliphatic carbocycles. The molecule has 1 amide bonds. The van der Waals surface area contributed by atoms with E-state index in [1.54, 1.807) is 13.3 Å². The molecular formula is C27H30ClN5O2. The SMILES string of the molecule is COc1ccc(CNc2nc(N3CC4C(C3)C4(C)C)ncc2C(=O)NCc2ccccc2)cc1Cl. The number of carbonyl (C=O) groups excluding carboxylic acids is 1. The predicted molar refractivity (Wildman–Crippen MR) is 138 cm³/mol. The monoisotopic (exact) mass is 491 g/mol. The molecule has 1 saturated heterocycles. The molecule has 2 N–H and O–H groups in total. The second-order valence-corrected chi connectivity index (χ2v) is 10.3. The van der Waals surface area contributed by atoms with Crippen molar-refractivity contribution >= 4 is 29.3 Å². The fourth-order valence-corrected chi connectivity index (χ4v) is 5.28. The minimum Gasteiger partial charge on any atom is -0.495 e. The quantitative estimate of drug-likeness (QED) is 0.472. The van der Waals surface area contributed by atoms with E-state index in [1.807, 2.05) is 48.5 Å². The smallest absolute Gasteiger partial charge is 0.256 e. The van der Waals surface area contributed by atoms with E-state index in [1.165, 1.54) is 0 Å². The molecule has 1 aliphatic heterocycles. The van der Waals surface area contributed by atoms with Gasteiger partial charge in [-0.1, -0.05) is 61.8 Å². The summed E-state index contributed by atoms with van der Waals surface area (Å²) < 4.78 is 5.24. The fraction of sp³-hybridized carbons (Fsp3) is 0.370. The number of fused-ring (bicyclic) bond motifs is 1. The van der Waals surface area contributed by atoms with Crippen molar-refractivity contribution in [3.05, 3.63) is 76.4 Å². The number of carbonyl (C=O) groups is 1. The number of rotatable bonds is 8. The van der Waals surface area contributed by atoms with Crippen molar-refractivity contribution < 1.29 is 9.53 Å². The van der Waals surface area contributed by atoms with Crippen molar-refractivity contribution in [3.63, 3.8) is 0 Å². The largest absolute Gasteiger partial charge is 0.495 e. The third-order valence-electron chi connectivity index (χ3n) is 7.40. The van der Waals surface area contributed by atoms with E-state index in [0.29, 0.717) is 58.4 Å². The van der Waals surface area contributed by atoms with Gasteiger partial charge in [0.15, 0.2) is 0 Å². The summed E-state index contributed by atoms with van der Waals surface area (Å²) >= 11 is 6.30. The lowest BCUT2D eigenvalue weighted by molar-refractivity contribution is 0.0951. The summed E-state index contributed by atoms with van der Waals surface area (Å²) in [5.74, 6) is 2.92. The number of benzene rings is 2. The highest BCUT2D eigenvalue weighted by atomic mass is 35.5. The Morgan fingerprint density at radius 1 is 1.11 bits per heavy atom. The van der Waals surface area contributed by atoms with Gasteiger partial charge in [0.05, 0.1) is 12.1 Å². The van der Waals surface area contributed by atoms with Crippen LogP contribution in [0.3, 0.4) is 0 Å². The Morgan fingerprint density at radius 3 is 2.54 bits per heavy atom. The molecule has 0 spiro atoms. The van der Waals surface area contributed by atoms with E-state index in [9.17, 15) is 4.79 Å². The highest BCUT2D eigenvalue weighted by Gasteiger charge is 2.62. The molecule has 1 saturated carbocycles. The van der Waals surface area contributed by atoms with Crippen LogP contribution >= 0.6 is 11.6 Å². The zero-order chi connectivity index (χ0) is 24.6. The van der Waals surface area contributed by atoms with Crippen LogP contribution < -0.4 is 20.3 Å². The Morgan fingerprint density at radius 2 is 1.86 bits per heavy atom. The average molecular weight is 492 g/mol. The van der Waals surface area contributed by atoms with Gasteiger partial charge < -0.3 is 20.3 Å². The molecule has 2 aliphatic rings. The van der Waals surface area contributed by atoms with Crippen molar-refractivity contribution in [2.45, 2.75) is 26.9 Å². The van der Waals surface area contributed by atoms with E-state index in [4.69, 9.17) is 21.3 Å². The minimum atomic E-state index is -0.221. The summed E-state index contributed by atoms with van der Waals surface area (Å²) in [6.45, 7) is 7.44. The number of nitrogens with zero attached hydrogens (tertiary/aromatic N) is 3. The van der Waals surface area contributed by atoms with Crippen LogP contribution in [0.4, 0.5) is 11.8 Å². The second-order valence-electron chi connectivity index (χ2n) is 9.86. The Hall–Kier alpha value is -3.32. The molecule has 2 heterocycles. The first kappa shape index (κ1) is 23.4. The summed E-state index contributed by atoms with van der Waals surface area (Å²) in [6, 6.07) is 15.4. The fourth-order valence-electron chi connectivity index (χ4n) is 5.00. The van der Waals surface area contributed by atoms with Gasteiger partial charge in [-0.05, 0) is 40.5 Å². The van der Waals surface area contributed by atoms with E-state index < -0.39 is 0 Å². The zero-order valence-corrected chi connectivity index (χ0v) is 21.0. The van der Waals surface area contributed by atoms with Gasteiger partial charge in [0.25, 0.3) is 5.91 Å². The molecule has 182 valence electrons. The second kappa shape index (κ2) is 9.38. The van der Waals surface area contributed by atoms with Crippen LogP contribution in [0.25, 0.3) is 0 Å². The molecule has 2 unspecified atom stereocenters.